The number of nitrogens with zero attached hydrogens (tertiary/aromatic N) is 4. The maximum atomic E-state index is 13.1. The lowest BCUT2D eigenvalue weighted by molar-refractivity contribution is 0.280. The third kappa shape index (κ3) is 2.24. The van der Waals surface area contributed by atoms with E-state index in [4.69, 9.17) is 0 Å². The first kappa shape index (κ1) is 12.6. The monoisotopic (exact) mass is 250 g/mol. The Kier molecular flexibility index (Phi) is 3.66. The summed E-state index contributed by atoms with van der Waals surface area (Å²) in [6.07, 6.45) is 2.52. The molecule has 2 aromatic rings. The quantitative estimate of drug-likeness (QED) is 0.891. The summed E-state index contributed by atoms with van der Waals surface area (Å²) in [6.45, 7) is 3.64. The van der Waals surface area contributed by atoms with Crippen molar-refractivity contribution in [3.8, 4) is 5.82 Å². The highest BCUT2D eigenvalue weighted by molar-refractivity contribution is 5.33. The zero-order valence-electron chi connectivity index (χ0n) is 10.4. The first-order chi connectivity index (χ1) is 8.69. The van der Waals surface area contributed by atoms with Gasteiger partial charge in [0, 0.05) is 18.4 Å². The SMILES string of the molecule is CCc1nc(CC)n(-c2ncc(F)cc2CO)n1. The van der Waals surface area contributed by atoms with Crippen molar-refractivity contribution >= 4 is 0 Å². The average Bonchev–Trinajstić information content (AvgIpc) is 2.81. The van der Waals surface area contributed by atoms with Crippen molar-refractivity contribution < 1.29 is 9.50 Å². The standard InChI is InChI=1S/C12H15FN4O/c1-3-10-15-11(4-2)17(16-10)12-8(7-18)5-9(13)6-14-12/h5-6,18H,3-4,7H2,1-2H3. The van der Waals surface area contributed by atoms with Crippen molar-refractivity contribution in [2.24, 2.45) is 0 Å². The van der Waals surface area contributed by atoms with Crippen molar-refractivity contribution in [1.82, 2.24) is 19.7 Å². The van der Waals surface area contributed by atoms with Crippen LogP contribution in [0, 0.1) is 5.82 Å². The Morgan fingerprint density at radius 1 is 1.33 bits per heavy atom. The minimum atomic E-state index is -0.475. The summed E-state index contributed by atoms with van der Waals surface area (Å²) in [5.74, 6) is 1.42. The largest absolute Gasteiger partial charge is 0.392 e. The molecule has 0 amide bonds. The van der Waals surface area contributed by atoms with Gasteiger partial charge in [0.15, 0.2) is 11.6 Å². The van der Waals surface area contributed by atoms with E-state index in [0.717, 1.165) is 18.4 Å². The minimum absolute atomic E-state index is 0.287. The highest BCUT2D eigenvalue weighted by atomic mass is 19.1. The van der Waals surface area contributed by atoms with Gasteiger partial charge >= 0.3 is 0 Å². The van der Waals surface area contributed by atoms with Gasteiger partial charge in [0.2, 0.25) is 0 Å². The molecule has 0 atom stereocenters. The fourth-order valence-corrected chi connectivity index (χ4v) is 1.72. The predicted molar refractivity (Wildman–Crippen MR) is 63.8 cm³/mol. The molecular formula is C12H15FN4O. The summed E-state index contributed by atoms with van der Waals surface area (Å²) < 4.78 is 14.7. The van der Waals surface area contributed by atoms with Gasteiger partial charge in [-0.3, -0.25) is 0 Å². The first-order valence-electron chi connectivity index (χ1n) is 5.90. The maximum Gasteiger partial charge on any atom is 0.161 e. The van der Waals surface area contributed by atoms with Gasteiger partial charge in [-0.05, 0) is 6.07 Å². The molecule has 0 fully saturated rings. The molecule has 0 bridgehead atoms. The second-order valence-electron chi connectivity index (χ2n) is 3.86. The Labute approximate surface area is 104 Å². The Hall–Kier alpha value is -1.82. The van der Waals surface area contributed by atoms with Gasteiger partial charge in [0.1, 0.15) is 11.6 Å². The van der Waals surface area contributed by atoms with Crippen molar-refractivity contribution in [1.29, 1.82) is 0 Å². The van der Waals surface area contributed by atoms with Crippen LogP contribution >= 0.6 is 0 Å². The summed E-state index contributed by atoms with van der Waals surface area (Å²) in [4.78, 5) is 8.36. The van der Waals surface area contributed by atoms with Gasteiger partial charge in [0.05, 0.1) is 12.8 Å². The highest BCUT2D eigenvalue weighted by Crippen LogP contribution is 2.15. The summed E-state index contributed by atoms with van der Waals surface area (Å²) in [7, 11) is 0. The predicted octanol–water partition coefficient (Wildman–Crippen LogP) is 1.42. The zero-order chi connectivity index (χ0) is 13.1. The topological polar surface area (TPSA) is 63.8 Å². The molecule has 0 aliphatic rings. The number of pyridine rings is 1. The van der Waals surface area contributed by atoms with Crippen LogP contribution in [0.3, 0.4) is 0 Å². The van der Waals surface area contributed by atoms with Gasteiger partial charge in [-0.15, -0.1) is 5.10 Å². The van der Waals surface area contributed by atoms with Crippen LogP contribution in [0.4, 0.5) is 4.39 Å². The molecule has 2 heterocycles. The van der Waals surface area contributed by atoms with Crippen molar-refractivity contribution in [3.05, 3.63) is 35.3 Å². The lowest BCUT2D eigenvalue weighted by Gasteiger charge is -2.07. The molecule has 0 aromatic carbocycles. The summed E-state index contributed by atoms with van der Waals surface area (Å²) in [5, 5.41) is 13.6. The molecule has 0 unspecified atom stereocenters. The second kappa shape index (κ2) is 5.22. The molecule has 1 N–H and O–H groups in total. The van der Waals surface area contributed by atoms with Crippen LogP contribution in [0.2, 0.25) is 0 Å². The second-order valence-corrected chi connectivity index (χ2v) is 3.86. The lowest BCUT2D eigenvalue weighted by atomic mass is 10.2. The van der Waals surface area contributed by atoms with E-state index in [2.05, 4.69) is 15.1 Å². The smallest absolute Gasteiger partial charge is 0.161 e. The number of hydrogen-bond donors (Lipinski definition) is 1. The Bertz CT molecular complexity index is 553. The van der Waals surface area contributed by atoms with E-state index >= 15 is 0 Å². The first-order valence-corrected chi connectivity index (χ1v) is 5.90. The molecule has 0 saturated carbocycles. The van der Waals surface area contributed by atoms with Crippen LogP contribution in [0.15, 0.2) is 12.3 Å². The van der Waals surface area contributed by atoms with E-state index in [1.165, 1.54) is 6.07 Å². The van der Waals surface area contributed by atoms with Crippen LogP contribution in [0.25, 0.3) is 5.82 Å². The normalized spacial score (nSPS) is 10.9. The fourth-order valence-electron chi connectivity index (χ4n) is 1.72. The van der Waals surface area contributed by atoms with Crippen molar-refractivity contribution in [3.63, 3.8) is 0 Å². The molecule has 2 rings (SSSR count). The average molecular weight is 250 g/mol. The number of hydrogen-bond acceptors (Lipinski definition) is 4. The number of aromatic nitrogens is 4. The Balaban J connectivity index is 2.56. The molecule has 2 aromatic heterocycles. The minimum Gasteiger partial charge on any atom is -0.392 e. The fraction of sp³-hybridized carbons (Fsp3) is 0.417. The number of halogens is 1. The molecule has 0 aliphatic heterocycles. The van der Waals surface area contributed by atoms with Crippen molar-refractivity contribution in [2.75, 3.05) is 0 Å². The number of aliphatic hydroxyl groups is 1. The Morgan fingerprint density at radius 3 is 2.72 bits per heavy atom. The maximum absolute atomic E-state index is 13.1. The van der Waals surface area contributed by atoms with Crippen molar-refractivity contribution in [2.45, 2.75) is 33.3 Å². The highest BCUT2D eigenvalue weighted by Gasteiger charge is 2.14. The number of rotatable bonds is 4. The van der Waals surface area contributed by atoms with Crippen LogP contribution in [-0.4, -0.2) is 24.9 Å². The lowest BCUT2D eigenvalue weighted by Crippen LogP contribution is -2.08. The molecule has 0 radical (unpaired) electrons. The summed E-state index contributed by atoms with van der Waals surface area (Å²) >= 11 is 0. The summed E-state index contributed by atoms with van der Waals surface area (Å²) in [6, 6.07) is 1.26. The van der Waals surface area contributed by atoms with Gasteiger partial charge < -0.3 is 5.11 Å². The number of aryl methyl sites for hydroxylation is 2. The molecular weight excluding hydrogens is 235 g/mol. The molecule has 96 valence electrons. The van der Waals surface area contributed by atoms with E-state index in [9.17, 15) is 9.50 Å². The van der Waals surface area contributed by atoms with Crippen LogP contribution < -0.4 is 0 Å². The van der Waals surface area contributed by atoms with Crippen LogP contribution in [0.5, 0.6) is 0 Å². The van der Waals surface area contributed by atoms with E-state index in [1.807, 2.05) is 13.8 Å². The van der Waals surface area contributed by atoms with E-state index in [0.29, 0.717) is 23.6 Å². The molecule has 0 saturated heterocycles. The zero-order valence-corrected chi connectivity index (χ0v) is 10.4. The molecule has 6 heteroatoms. The van der Waals surface area contributed by atoms with E-state index < -0.39 is 5.82 Å². The van der Waals surface area contributed by atoms with Gasteiger partial charge in [0.25, 0.3) is 0 Å². The van der Waals surface area contributed by atoms with Gasteiger partial charge in [-0.25, -0.2) is 14.4 Å². The Morgan fingerprint density at radius 2 is 2.11 bits per heavy atom. The third-order valence-corrected chi connectivity index (χ3v) is 2.63. The molecule has 0 aliphatic carbocycles. The van der Waals surface area contributed by atoms with Gasteiger partial charge in [-0.2, -0.15) is 4.68 Å². The van der Waals surface area contributed by atoms with E-state index in [-0.39, 0.29) is 6.61 Å². The van der Waals surface area contributed by atoms with Crippen LogP contribution in [-0.2, 0) is 19.4 Å². The van der Waals surface area contributed by atoms with Crippen LogP contribution in [0.1, 0.15) is 31.1 Å². The number of aliphatic hydroxyl groups excluding tert-OH is 1. The van der Waals surface area contributed by atoms with Gasteiger partial charge in [-0.1, -0.05) is 13.8 Å². The molecule has 18 heavy (non-hydrogen) atoms. The molecule has 0 spiro atoms. The summed E-state index contributed by atoms with van der Waals surface area (Å²) in [5.41, 5.74) is 0.400. The third-order valence-electron chi connectivity index (χ3n) is 2.63. The molecule has 5 nitrogen and oxygen atoms in total. The van der Waals surface area contributed by atoms with E-state index in [1.54, 1.807) is 4.68 Å².